The van der Waals surface area contributed by atoms with Crippen molar-refractivity contribution in [3.63, 3.8) is 0 Å². The highest BCUT2D eigenvalue weighted by Gasteiger charge is 2.15. The first-order chi connectivity index (χ1) is 12.2. The molecule has 1 amide bonds. The maximum Gasteiger partial charge on any atom is 0.276 e. The quantitative estimate of drug-likeness (QED) is 0.764. The molecule has 0 saturated heterocycles. The van der Waals surface area contributed by atoms with Crippen LogP contribution in [0.2, 0.25) is 0 Å². The van der Waals surface area contributed by atoms with Gasteiger partial charge >= 0.3 is 0 Å². The maximum absolute atomic E-state index is 12.3. The van der Waals surface area contributed by atoms with Gasteiger partial charge in [-0.1, -0.05) is 0 Å². The normalized spacial score (nSPS) is 12.4. The van der Waals surface area contributed by atoms with Crippen LogP contribution in [0.4, 0.5) is 5.69 Å². The molecule has 3 heterocycles. The molecule has 7 heteroatoms. The Morgan fingerprint density at radius 2 is 2.20 bits per heavy atom. The van der Waals surface area contributed by atoms with Gasteiger partial charge in [-0.25, -0.2) is 4.98 Å². The molecule has 1 aliphatic rings. The smallest absolute Gasteiger partial charge is 0.276 e. The Morgan fingerprint density at radius 3 is 3.00 bits per heavy atom. The molecule has 4 rings (SSSR count). The minimum Gasteiger partial charge on any atom is -0.493 e. The first kappa shape index (κ1) is 15.2. The van der Waals surface area contributed by atoms with E-state index in [0.29, 0.717) is 23.9 Å². The van der Waals surface area contributed by atoms with Crippen molar-refractivity contribution < 1.29 is 14.3 Å². The van der Waals surface area contributed by atoms with Crippen molar-refractivity contribution in [2.75, 3.05) is 19.0 Å². The molecular formula is C18H16N4O3. The van der Waals surface area contributed by atoms with Gasteiger partial charge < -0.3 is 14.8 Å². The number of nitrogens with zero attached hydrogens (tertiary/aromatic N) is 2. The van der Waals surface area contributed by atoms with Gasteiger partial charge in [0.2, 0.25) is 5.88 Å². The van der Waals surface area contributed by atoms with E-state index in [2.05, 4.69) is 26.6 Å². The molecule has 0 radical (unpaired) electrons. The lowest BCUT2D eigenvalue weighted by Crippen LogP contribution is -2.12. The van der Waals surface area contributed by atoms with Crippen molar-refractivity contribution in [2.45, 2.75) is 6.42 Å². The summed E-state index contributed by atoms with van der Waals surface area (Å²) in [5, 5.41) is 9.77. The van der Waals surface area contributed by atoms with E-state index in [1.165, 1.54) is 18.9 Å². The third-order valence-electron chi connectivity index (χ3n) is 4.01. The Kier molecular flexibility index (Phi) is 3.81. The zero-order valence-corrected chi connectivity index (χ0v) is 13.6. The summed E-state index contributed by atoms with van der Waals surface area (Å²) in [5.41, 5.74) is 3.81. The molecule has 7 nitrogen and oxygen atoms in total. The lowest BCUT2D eigenvalue weighted by molar-refractivity contribution is 0.102. The lowest BCUT2D eigenvalue weighted by atomic mass is 10.1. The van der Waals surface area contributed by atoms with Gasteiger partial charge in [0.05, 0.1) is 31.3 Å². The minimum atomic E-state index is -0.307. The topological polar surface area (TPSA) is 89.1 Å². The van der Waals surface area contributed by atoms with Crippen molar-refractivity contribution in [1.82, 2.24) is 15.2 Å². The second-order valence-electron chi connectivity index (χ2n) is 5.63. The monoisotopic (exact) mass is 336 g/mol. The summed E-state index contributed by atoms with van der Waals surface area (Å²) in [6.45, 7) is 0.714. The highest BCUT2D eigenvalue weighted by atomic mass is 16.5. The summed E-state index contributed by atoms with van der Waals surface area (Å²) in [7, 11) is 1.54. The van der Waals surface area contributed by atoms with Gasteiger partial charge in [0.15, 0.2) is 5.69 Å². The highest BCUT2D eigenvalue weighted by molar-refractivity contribution is 6.03. The van der Waals surface area contributed by atoms with Gasteiger partial charge in [-0.3, -0.25) is 9.89 Å². The molecule has 1 aliphatic heterocycles. The van der Waals surface area contributed by atoms with E-state index in [0.717, 1.165) is 23.4 Å². The summed E-state index contributed by atoms with van der Waals surface area (Å²) in [5.74, 6) is 1.10. The van der Waals surface area contributed by atoms with Crippen molar-refractivity contribution in [3.8, 4) is 22.9 Å². The number of carbonyl (C=O) groups excluding carboxylic acids is 1. The Hall–Kier alpha value is -3.35. The molecular weight excluding hydrogens is 320 g/mol. The molecule has 126 valence electrons. The first-order valence-corrected chi connectivity index (χ1v) is 7.86. The van der Waals surface area contributed by atoms with Crippen LogP contribution in [-0.4, -0.2) is 34.8 Å². The van der Waals surface area contributed by atoms with Gasteiger partial charge in [0.25, 0.3) is 5.91 Å². The van der Waals surface area contributed by atoms with E-state index >= 15 is 0 Å². The molecule has 2 aromatic heterocycles. The van der Waals surface area contributed by atoms with E-state index in [4.69, 9.17) is 9.47 Å². The first-order valence-electron chi connectivity index (χ1n) is 7.86. The third kappa shape index (κ3) is 3.03. The summed E-state index contributed by atoms with van der Waals surface area (Å²) >= 11 is 0. The van der Waals surface area contributed by atoms with Crippen LogP contribution in [0.25, 0.3) is 11.3 Å². The fourth-order valence-corrected chi connectivity index (χ4v) is 2.71. The number of aromatic amines is 1. The number of aromatic nitrogens is 3. The van der Waals surface area contributed by atoms with Crippen LogP contribution in [-0.2, 0) is 6.42 Å². The van der Waals surface area contributed by atoms with Gasteiger partial charge in [0, 0.05) is 18.1 Å². The Labute approximate surface area is 144 Å². The number of methoxy groups -OCH3 is 1. The molecule has 0 unspecified atom stereocenters. The molecule has 0 spiro atoms. The van der Waals surface area contributed by atoms with E-state index < -0.39 is 0 Å². The summed E-state index contributed by atoms with van der Waals surface area (Å²) in [6, 6.07) is 11.1. The number of pyridine rings is 1. The molecule has 0 atom stereocenters. The largest absolute Gasteiger partial charge is 0.493 e. The van der Waals surface area contributed by atoms with Crippen LogP contribution >= 0.6 is 0 Å². The number of hydrogen-bond donors (Lipinski definition) is 2. The van der Waals surface area contributed by atoms with Gasteiger partial charge in [0.1, 0.15) is 5.75 Å². The van der Waals surface area contributed by atoms with Crippen molar-refractivity contribution in [3.05, 3.63) is 53.9 Å². The molecule has 0 saturated carbocycles. The predicted molar refractivity (Wildman–Crippen MR) is 92.0 cm³/mol. The number of hydrogen-bond acceptors (Lipinski definition) is 5. The third-order valence-corrected chi connectivity index (χ3v) is 4.01. The Balaban J connectivity index is 1.51. The minimum absolute atomic E-state index is 0.307. The van der Waals surface area contributed by atoms with Gasteiger partial charge in [-0.2, -0.15) is 5.10 Å². The van der Waals surface area contributed by atoms with Gasteiger partial charge in [-0.15, -0.1) is 0 Å². The summed E-state index contributed by atoms with van der Waals surface area (Å²) in [4.78, 5) is 16.4. The number of H-pyrrole nitrogens is 1. The second-order valence-corrected chi connectivity index (χ2v) is 5.63. The zero-order valence-electron chi connectivity index (χ0n) is 13.6. The number of nitrogens with one attached hydrogen (secondary N) is 2. The predicted octanol–water partition coefficient (Wildman–Crippen LogP) is 2.67. The SMILES string of the molecule is COc1ccc(NC(=O)c2cc(-c3ccc4c(c3)CCO4)[nH]n2)cn1. The number of rotatable bonds is 4. The standard InChI is InChI=1S/C18H16N4O3/c1-24-17-5-3-13(10-19-17)20-18(23)15-9-14(21-22-15)11-2-4-16-12(8-11)6-7-25-16/h2-5,8-10H,6-7H2,1H3,(H,20,23)(H,21,22). The van der Waals surface area contributed by atoms with Crippen LogP contribution < -0.4 is 14.8 Å². The number of fused-ring (bicyclic) bond motifs is 1. The lowest BCUT2D eigenvalue weighted by Gasteiger charge is -2.03. The number of ether oxygens (including phenoxy) is 2. The van der Waals surface area contributed by atoms with E-state index in [1.807, 2.05) is 12.1 Å². The molecule has 3 aromatic rings. The molecule has 0 aliphatic carbocycles. The van der Waals surface area contributed by atoms with Crippen LogP contribution in [0.3, 0.4) is 0 Å². The second kappa shape index (κ2) is 6.27. The number of benzene rings is 1. The van der Waals surface area contributed by atoms with Crippen LogP contribution in [0.15, 0.2) is 42.6 Å². The molecule has 25 heavy (non-hydrogen) atoms. The number of anilines is 1. The summed E-state index contributed by atoms with van der Waals surface area (Å²) < 4.78 is 10.5. The average molecular weight is 336 g/mol. The highest BCUT2D eigenvalue weighted by Crippen LogP contribution is 2.30. The van der Waals surface area contributed by atoms with E-state index in [9.17, 15) is 4.79 Å². The van der Waals surface area contributed by atoms with Crippen LogP contribution in [0.5, 0.6) is 11.6 Å². The average Bonchev–Trinajstić information content (AvgIpc) is 3.31. The zero-order chi connectivity index (χ0) is 17.2. The van der Waals surface area contributed by atoms with E-state index in [-0.39, 0.29) is 5.91 Å². The Bertz CT molecular complexity index is 918. The number of amides is 1. The van der Waals surface area contributed by atoms with Crippen molar-refractivity contribution in [2.24, 2.45) is 0 Å². The Morgan fingerprint density at radius 1 is 1.28 bits per heavy atom. The fourth-order valence-electron chi connectivity index (χ4n) is 2.71. The fraction of sp³-hybridized carbons (Fsp3) is 0.167. The molecule has 0 bridgehead atoms. The molecule has 0 fully saturated rings. The van der Waals surface area contributed by atoms with Crippen molar-refractivity contribution in [1.29, 1.82) is 0 Å². The van der Waals surface area contributed by atoms with Crippen molar-refractivity contribution >= 4 is 11.6 Å². The molecule has 2 N–H and O–H groups in total. The van der Waals surface area contributed by atoms with E-state index in [1.54, 1.807) is 18.2 Å². The molecule has 1 aromatic carbocycles. The van der Waals surface area contributed by atoms with Crippen LogP contribution in [0.1, 0.15) is 16.1 Å². The maximum atomic E-state index is 12.3. The summed E-state index contributed by atoms with van der Waals surface area (Å²) in [6.07, 6.45) is 2.43. The van der Waals surface area contributed by atoms with Gasteiger partial charge in [-0.05, 0) is 35.9 Å². The number of carbonyl (C=O) groups is 1. The van der Waals surface area contributed by atoms with Crippen LogP contribution in [0, 0.1) is 0 Å².